The maximum absolute atomic E-state index is 13.1. The second kappa shape index (κ2) is 5.56. The van der Waals surface area contributed by atoms with E-state index in [0.29, 0.717) is 17.9 Å². The fourth-order valence-corrected chi connectivity index (χ4v) is 3.28. The van der Waals surface area contributed by atoms with Crippen LogP contribution in [0.2, 0.25) is 0 Å². The molecule has 3 rings (SSSR count). The Balaban J connectivity index is 1.86. The number of hydrogen-bond donors (Lipinski definition) is 1. The smallest absolute Gasteiger partial charge is 0.393 e. The molecule has 1 aliphatic rings. The monoisotopic (exact) mass is 326 g/mol. The van der Waals surface area contributed by atoms with Gasteiger partial charge in [-0.05, 0) is 13.0 Å². The Labute approximate surface area is 131 Å². The van der Waals surface area contributed by atoms with Crippen LogP contribution in [0.3, 0.4) is 0 Å². The Morgan fingerprint density at radius 2 is 2.04 bits per heavy atom. The van der Waals surface area contributed by atoms with Crippen molar-refractivity contribution in [2.75, 3.05) is 13.1 Å². The number of alkyl halides is 3. The predicted molar refractivity (Wildman–Crippen MR) is 78.5 cm³/mol. The third kappa shape index (κ3) is 2.93. The number of primary amides is 1. The van der Waals surface area contributed by atoms with Gasteiger partial charge in [0.2, 0.25) is 5.91 Å². The van der Waals surface area contributed by atoms with E-state index >= 15 is 0 Å². The maximum Gasteiger partial charge on any atom is 0.393 e. The molecule has 1 aromatic heterocycles. The van der Waals surface area contributed by atoms with Crippen molar-refractivity contribution in [1.82, 2.24) is 4.90 Å². The number of likely N-dealkylation sites (tertiary alicyclic amines) is 1. The number of furan rings is 1. The molecular formula is C16H17F3N2O2. The molecule has 1 aliphatic heterocycles. The highest BCUT2D eigenvalue weighted by Gasteiger charge is 2.51. The van der Waals surface area contributed by atoms with Crippen molar-refractivity contribution in [3.63, 3.8) is 0 Å². The summed E-state index contributed by atoms with van der Waals surface area (Å²) in [6.07, 6.45) is -4.43. The highest BCUT2D eigenvalue weighted by atomic mass is 19.4. The van der Waals surface area contributed by atoms with Crippen molar-refractivity contribution in [2.45, 2.75) is 19.6 Å². The molecule has 0 bridgehead atoms. The van der Waals surface area contributed by atoms with Crippen molar-refractivity contribution in [3.8, 4) is 0 Å². The first-order chi connectivity index (χ1) is 10.8. The number of fused-ring (bicyclic) bond motifs is 1. The summed E-state index contributed by atoms with van der Waals surface area (Å²) in [5.41, 5.74) is 6.72. The highest BCUT2D eigenvalue weighted by Crippen LogP contribution is 2.38. The van der Waals surface area contributed by atoms with Gasteiger partial charge in [0.25, 0.3) is 0 Å². The van der Waals surface area contributed by atoms with Crippen LogP contribution in [0.1, 0.15) is 11.3 Å². The number of carbonyl (C=O) groups is 1. The van der Waals surface area contributed by atoms with E-state index in [9.17, 15) is 18.0 Å². The summed E-state index contributed by atoms with van der Waals surface area (Å²) in [6.45, 7) is 1.88. The predicted octanol–water partition coefficient (Wildman–Crippen LogP) is 2.84. The van der Waals surface area contributed by atoms with E-state index < -0.39 is 23.9 Å². The summed E-state index contributed by atoms with van der Waals surface area (Å²) in [6, 6.07) is 7.40. The Hall–Kier alpha value is -2.02. The Kier molecular flexibility index (Phi) is 3.83. The fraction of sp³-hybridized carbons (Fsp3) is 0.438. The number of amides is 1. The molecule has 1 saturated heterocycles. The van der Waals surface area contributed by atoms with Crippen LogP contribution in [0.4, 0.5) is 13.2 Å². The van der Waals surface area contributed by atoms with E-state index in [-0.39, 0.29) is 13.1 Å². The molecule has 2 N–H and O–H groups in total. The molecule has 0 unspecified atom stereocenters. The van der Waals surface area contributed by atoms with Gasteiger partial charge in [0.1, 0.15) is 11.3 Å². The van der Waals surface area contributed by atoms with Gasteiger partial charge in [-0.25, -0.2) is 0 Å². The van der Waals surface area contributed by atoms with E-state index in [0.717, 1.165) is 10.9 Å². The van der Waals surface area contributed by atoms with E-state index in [2.05, 4.69) is 0 Å². The lowest BCUT2D eigenvalue weighted by Gasteiger charge is -2.18. The SMILES string of the molecule is Cc1oc2ccccc2c1CN1C[C@@H](C(F)(F)F)[C@H](C(N)=O)C1. The lowest BCUT2D eigenvalue weighted by atomic mass is 9.95. The molecule has 0 spiro atoms. The van der Waals surface area contributed by atoms with Gasteiger partial charge < -0.3 is 10.2 Å². The van der Waals surface area contributed by atoms with Gasteiger partial charge in [-0.3, -0.25) is 9.69 Å². The average Bonchev–Trinajstić information content (AvgIpc) is 3.02. The van der Waals surface area contributed by atoms with Crippen LogP contribution in [0.5, 0.6) is 0 Å². The maximum atomic E-state index is 13.1. The molecule has 124 valence electrons. The number of nitrogens with two attached hydrogens (primary N) is 1. The summed E-state index contributed by atoms with van der Waals surface area (Å²) in [5, 5.41) is 0.885. The minimum absolute atomic E-state index is 0.0124. The first kappa shape index (κ1) is 15.9. The van der Waals surface area contributed by atoms with Gasteiger partial charge in [-0.2, -0.15) is 13.2 Å². The van der Waals surface area contributed by atoms with E-state index in [1.54, 1.807) is 11.8 Å². The van der Waals surface area contributed by atoms with E-state index in [1.165, 1.54) is 0 Å². The molecule has 2 atom stereocenters. The van der Waals surface area contributed by atoms with Crippen LogP contribution >= 0.6 is 0 Å². The van der Waals surface area contributed by atoms with Crippen molar-refractivity contribution in [3.05, 3.63) is 35.6 Å². The van der Waals surface area contributed by atoms with Crippen molar-refractivity contribution < 1.29 is 22.4 Å². The van der Waals surface area contributed by atoms with Crippen LogP contribution < -0.4 is 5.73 Å². The molecule has 23 heavy (non-hydrogen) atoms. The quantitative estimate of drug-likeness (QED) is 0.943. The molecule has 2 aromatic rings. The molecular weight excluding hydrogens is 309 g/mol. The van der Waals surface area contributed by atoms with Gasteiger partial charge in [-0.15, -0.1) is 0 Å². The zero-order chi connectivity index (χ0) is 16.8. The molecule has 0 radical (unpaired) electrons. The van der Waals surface area contributed by atoms with Gasteiger partial charge in [0.15, 0.2) is 0 Å². The summed E-state index contributed by atoms with van der Waals surface area (Å²) in [4.78, 5) is 13.0. The zero-order valence-corrected chi connectivity index (χ0v) is 12.6. The van der Waals surface area contributed by atoms with E-state index in [4.69, 9.17) is 10.2 Å². The number of benzene rings is 1. The number of nitrogens with zero attached hydrogens (tertiary/aromatic N) is 1. The number of carbonyl (C=O) groups excluding carboxylic acids is 1. The number of hydrogen-bond acceptors (Lipinski definition) is 3. The average molecular weight is 326 g/mol. The standard InChI is InChI=1S/C16H17F3N2O2/c1-9-11(10-4-2-3-5-14(10)23-9)6-21-7-12(15(20)22)13(8-21)16(17,18)19/h2-5,12-13H,6-8H2,1H3,(H2,20,22)/t12-,13-/m1/s1. The normalized spacial score (nSPS) is 22.8. The van der Waals surface area contributed by atoms with Crippen LogP contribution in [-0.4, -0.2) is 30.1 Å². The first-order valence-electron chi connectivity index (χ1n) is 7.32. The molecule has 2 heterocycles. The summed E-state index contributed by atoms with van der Waals surface area (Å²) in [5.74, 6) is -3.13. The number of para-hydroxylation sites is 1. The van der Waals surface area contributed by atoms with Crippen LogP contribution in [0.25, 0.3) is 11.0 Å². The fourth-order valence-electron chi connectivity index (χ4n) is 3.28. The van der Waals surface area contributed by atoms with Gasteiger partial charge in [0.05, 0.1) is 11.8 Å². The van der Waals surface area contributed by atoms with E-state index in [1.807, 2.05) is 24.3 Å². The summed E-state index contributed by atoms with van der Waals surface area (Å²) >= 11 is 0. The largest absolute Gasteiger partial charge is 0.461 e. The van der Waals surface area contributed by atoms with Gasteiger partial charge in [0, 0.05) is 30.6 Å². The Morgan fingerprint density at radius 3 is 2.65 bits per heavy atom. The van der Waals surface area contributed by atoms with Gasteiger partial charge >= 0.3 is 6.18 Å². The third-order valence-corrected chi connectivity index (χ3v) is 4.46. The topological polar surface area (TPSA) is 59.5 Å². The van der Waals surface area contributed by atoms with Crippen molar-refractivity contribution in [1.29, 1.82) is 0 Å². The highest BCUT2D eigenvalue weighted by molar-refractivity contribution is 5.82. The third-order valence-electron chi connectivity index (χ3n) is 4.46. The second-order valence-corrected chi connectivity index (χ2v) is 5.98. The first-order valence-corrected chi connectivity index (χ1v) is 7.32. The Morgan fingerprint density at radius 1 is 1.35 bits per heavy atom. The molecule has 1 fully saturated rings. The number of rotatable bonds is 3. The Bertz CT molecular complexity index is 738. The lowest BCUT2D eigenvalue weighted by molar-refractivity contribution is -0.182. The second-order valence-electron chi connectivity index (χ2n) is 5.98. The lowest BCUT2D eigenvalue weighted by Crippen LogP contribution is -2.37. The minimum Gasteiger partial charge on any atom is -0.461 e. The van der Waals surface area contributed by atoms with Crippen LogP contribution in [-0.2, 0) is 11.3 Å². The van der Waals surface area contributed by atoms with Crippen LogP contribution in [0, 0.1) is 18.8 Å². The summed E-state index contributed by atoms with van der Waals surface area (Å²) in [7, 11) is 0. The molecule has 1 amide bonds. The molecule has 1 aromatic carbocycles. The van der Waals surface area contributed by atoms with Crippen LogP contribution in [0.15, 0.2) is 28.7 Å². The van der Waals surface area contributed by atoms with Crippen molar-refractivity contribution >= 4 is 16.9 Å². The van der Waals surface area contributed by atoms with Crippen molar-refractivity contribution in [2.24, 2.45) is 17.6 Å². The zero-order valence-electron chi connectivity index (χ0n) is 12.6. The molecule has 4 nitrogen and oxygen atoms in total. The minimum atomic E-state index is -4.43. The molecule has 7 heteroatoms. The number of halogens is 3. The molecule has 0 aliphatic carbocycles. The van der Waals surface area contributed by atoms with Gasteiger partial charge in [-0.1, -0.05) is 18.2 Å². The number of aryl methyl sites for hydroxylation is 1. The molecule has 0 saturated carbocycles. The summed E-state index contributed by atoms with van der Waals surface area (Å²) < 4.78 is 44.9.